The van der Waals surface area contributed by atoms with Crippen molar-refractivity contribution in [1.29, 1.82) is 0 Å². The fraction of sp³-hybridized carbons (Fsp3) is 0.158. The van der Waals surface area contributed by atoms with Crippen LogP contribution in [0.15, 0.2) is 53.4 Å². The molecule has 0 N–H and O–H groups in total. The summed E-state index contributed by atoms with van der Waals surface area (Å²) in [5, 5.41) is 18.9. The summed E-state index contributed by atoms with van der Waals surface area (Å²) >= 11 is 0. The van der Waals surface area contributed by atoms with E-state index in [1.54, 1.807) is 35.5 Å². The Balaban J connectivity index is 1.78. The van der Waals surface area contributed by atoms with Crippen molar-refractivity contribution in [2.45, 2.75) is 18.8 Å². The van der Waals surface area contributed by atoms with E-state index in [1.807, 2.05) is 0 Å². The molecule has 4 aromatic rings. The number of hydrogen-bond donors (Lipinski definition) is 0. The van der Waals surface area contributed by atoms with Crippen LogP contribution >= 0.6 is 0 Å². The van der Waals surface area contributed by atoms with Crippen LogP contribution in [-0.4, -0.2) is 25.2 Å². The van der Waals surface area contributed by atoms with Crippen LogP contribution in [0.2, 0.25) is 0 Å². The van der Waals surface area contributed by atoms with Crippen LogP contribution in [0.3, 0.4) is 0 Å². The Morgan fingerprint density at radius 1 is 1.07 bits per heavy atom. The van der Waals surface area contributed by atoms with E-state index in [0.717, 1.165) is 18.4 Å². The number of anilines is 3. The molecule has 0 amide bonds. The summed E-state index contributed by atoms with van der Waals surface area (Å²) in [5.41, 5.74) is 1.94. The topological polar surface area (TPSA) is 111 Å². The van der Waals surface area contributed by atoms with Gasteiger partial charge in [-0.1, -0.05) is 0 Å². The van der Waals surface area contributed by atoms with Gasteiger partial charge in [0.2, 0.25) is 11.5 Å². The summed E-state index contributed by atoms with van der Waals surface area (Å²) in [6, 6.07) is 9.07. The van der Waals surface area contributed by atoms with Gasteiger partial charge in [0, 0.05) is 18.5 Å². The van der Waals surface area contributed by atoms with E-state index in [9.17, 15) is 14.5 Å². The van der Waals surface area contributed by atoms with Gasteiger partial charge < -0.3 is 0 Å². The first-order valence-corrected chi connectivity index (χ1v) is 8.90. The molecule has 2 aromatic heterocycles. The van der Waals surface area contributed by atoms with E-state index in [0.29, 0.717) is 17.3 Å². The van der Waals surface area contributed by atoms with Gasteiger partial charge in [0.05, 0.1) is 16.3 Å². The molecule has 0 spiro atoms. The lowest BCUT2D eigenvalue weighted by Gasteiger charge is -2.25. The van der Waals surface area contributed by atoms with Crippen molar-refractivity contribution < 1.29 is 13.9 Å². The summed E-state index contributed by atoms with van der Waals surface area (Å²) in [7, 11) is 0. The molecule has 0 atom stereocenters. The zero-order valence-corrected chi connectivity index (χ0v) is 14.9. The number of hydrogen-bond acceptors (Lipinski definition) is 8. The molecular weight excluding hydrogens is 379 g/mol. The number of benzene rings is 2. The molecule has 5 rings (SSSR count). The second kappa shape index (κ2) is 6.59. The predicted octanol–water partition coefficient (Wildman–Crippen LogP) is 4.41. The number of halogens is 1. The maximum atomic E-state index is 14.0. The lowest BCUT2D eigenvalue weighted by Crippen LogP contribution is -2.15. The molecule has 10 heteroatoms. The van der Waals surface area contributed by atoms with E-state index >= 15 is 0 Å². The highest BCUT2D eigenvalue weighted by Crippen LogP contribution is 2.48. The highest BCUT2D eigenvalue weighted by atomic mass is 19.1. The highest BCUT2D eigenvalue weighted by molar-refractivity contribution is 5.97. The zero-order chi connectivity index (χ0) is 20.0. The molecule has 0 radical (unpaired) electrons. The first-order valence-electron chi connectivity index (χ1n) is 8.90. The van der Waals surface area contributed by atoms with Gasteiger partial charge in [0.25, 0.3) is 0 Å². The maximum absolute atomic E-state index is 14.0. The number of nitro groups is 1. The third-order valence-electron chi connectivity index (χ3n) is 4.81. The number of aromatic nitrogens is 4. The fourth-order valence-electron chi connectivity index (χ4n) is 3.37. The van der Waals surface area contributed by atoms with Gasteiger partial charge in [-0.3, -0.25) is 15.0 Å². The molecule has 1 aliphatic rings. The van der Waals surface area contributed by atoms with Gasteiger partial charge in [-0.05, 0) is 65.0 Å². The second-order valence-corrected chi connectivity index (χ2v) is 6.68. The number of fused-ring (bicyclic) bond motifs is 1. The molecule has 0 saturated heterocycles. The molecule has 144 valence electrons. The number of rotatable bonds is 5. The van der Waals surface area contributed by atoms with Gasteiger partial charge in [0.1, 0.15) is 5.82 Å². The van der Waals surface area contributed by atoms with E-state index in [1.165, 1.54) is 18.2 Å². The Labute approximate surface area is 162 Å². The normalized spacial score (nSPS) is 13.6. The zero-order valence-electron chi connectivity index (χ0n) is 14.9. The van der Waals surface area contributed by atoms with Crippen LogP contribution in [-0.2, 0) is 0 Å². The minimum absolute atomic E-state index is 0.0171. The lowest BCUT2D eigenvalue weighted by atomic mass is 10.1. The van der Waals surface area contributed by atoms with Crippen molar-refractivity contribution in [2.24, 2.45) is 0 Å². The summed E-state index contributed by atoms with van der Waals surface area (Å²) in [4.78, 5) is 21.2. The van der Waals surface area contributed by atoms with Crippen molar-refractivity contribution in [1.82, 2.24) is 20.3 Å². The summed E-state index contributed by atoms with van der Waals surface area (Å²) < 4.78 is 18.8. The smallest absolute Gasteiger partial charge is 0.276 e. The molecule has 29 heavy (non-hydrogen) atoms. The summed E-state index contributed by atoms with van der Waals surface area (Å²) in [5.74, 6) is 0.219. The minimum Gasteiger partial charge on any atom is -0.276 e. The Morgan fingerprint density at radius 3 is 2.52 bits per heavy atom. The Hall–Kier alpha value is -3.95. The summed E-state index contributed by atoms with van der Waals surface area (Å²) in [6.07, 6.45) is 5.08. The molecule has 0 unspecified atom stereocenters. The van der Waals surface area contributed by atoms with Gasteiger partial charge in [-0.2, -0.15) is 0 Å². The average molecular weight is 392 g/mol. The predicted molar refractivity (Wildman–Crippen MR) is 101 cm³/mol. The van der Waals surface area contributed by atoms with Gasteiger partial charge >= 0.3 is 5.69 Å². The average Bonchev–Trinajstić information content (AvgIpc) is 3.46. The van der Waals surface area contributed by atoms with Crippen LogP contribution < -0.4 is 4.90 Å². The lowest BCUT2D eigenvalue weighted by molar-refractivity contribution is -0.383. The van der Waals surface area contributed by atoms with Crippen molar-refractivity contribution in [2.75, 3.05) is 4.90 Å². The third-order valence-corrected chi connectivity index (χ3v) is 4.81. The molecule has 0 bridgehead atoms. The number of non-ortho nitro benzene ring substituents is 1. The molecule has 1 fully saturated rings. The van der Waals surface area contributed by atoms with Crippen LogP contribution in [0.1, 0.15) is 24.3 Å². The minimum atomic E-state index is -0.548. The monoisotopic (exact) mass is 392 g/mol. The van der Waals surface area contributed by atoms with Crippen molar-refractivity contribution in [3.05, 3.63) is 70.3 Å². The van der Waals surface area contributed by atoms with Crippen molar-refractivity contribution >= 4 is 34.0 Å². The van der Waals surface area contributed by atoms with Crippen LogP contribution in [0, 0.1) is 15.9 Å². The number of nitro benzene ring substituents is 1. The van der Waals surface area contributed by atoms with E-state index in [4.69, 9.17) is 4.63 Å². The van der Waals surface area contributed by atoms with Crippen LogP contribution in [0.5, 0.6) is 0 Å². The number of nitrogens with zero attached hydrogens (tertiary/aromatic N) is 6. The van der Waals surface area contributed by atoms with Crippen molar-refractivity contribution in [3.63, 3.8) is 0 Å². The van der Waals surface area contributed by atoms with Gasteiger partial charge in [-0.15, -0.1) is 0 Å². The molecule has 9 nitrogen and oxygen atoms in total. The first-order chi connectivity index (χ1) is 14.1. The molecule has 2 heterocycles. The molecule has 1 saturated carbocycles. The maximum Gasteiger partial charge on any atom is 0.300 e. The SMILES string of the molecule is O=[N+]([O-])c1ccc(N(c2ncccn2)c2ccc(F)cc2C2CC2)c2nonc12. The van der Waals surface area contributed by atoms with E-state index in [-0.39, 0.29) is 28.5 Å². The fourth-order valence-corrected chi connectivity index (χ4v) is 3.37. The quantitative estimate of drug-likeness (QED) is 0.363. The first kappa shape index (κ1) is 17.2. The molecular formula is C19H13FN6O3. The van der Waals surface area contributed by atoms with Crippen molar-refractivity contribution in [3.8, 4) is 0 Å². The molecule has 2 aromatic carbocycles. The van der Waals surface area contributed by atoms with Crippen LogP contribution in [0.25, 0.3) is 11.0 Å². The summed E-state index contributed by atoms with van der Waals surface area (Å²) in [6.45, 7) is 0. The second-order valence-electron chi connectivity index (χ2n) is 6.68. The van der Waals surface area contributed by atoms with Gasteiger partial charge in [0.15, 0.2) is 5.52 Å². The standard InChI is InChI=1S/C19H13FN6O3/c20-12-4-5-14(13(10-12)11-2-3-11)25(19-21-8-1-9-22-19)15-6-7-16(26(27)28)18-17(15)23-29-24-18/h1,4-11H,2-3H2. The molecule has 1 aliphatic carbocycles. The molecule has 0 aliphatic heterocycles. The Bertz CT molecular complexity index is 1230. The van der Waals surface area contributed by atoms with E-state index in [2.05, 4.69) is 20.3 Å². The Kier molecular flexibility index (Phi) is 3.90. The van der Waals surface area contributed by atoms with Crippen LogP contribution in [0.4, 0.5) is 27.4 Å². The highest BCUT2D eigenvalue weighted by Gasteiger charge is 2.32. The van der Waals surface area contributed by atoms with E-state index < -0.39 is 4.92 Å². The van der Waals surface area contributed by atoms with Gasteiger partial charge in [-0.25, -0.2) is 19.0 Å². The Morgan fingerprint density at radius 2 is 1.79 bits per heavy atom. The third kappa shape index (κ3) is 2.94. The largest absolute Gasteiger partial charge is 0.300 e.